The largest absolute Gasteiger partial charge is 0.465 e. The van der Waals surface area contributed by atoms with E-state index in [2.05, 4.69) is 26.2 Å². The van der Waals surface area contributed by atoms with Crippen LogP contribution in [0.2, 0.25) is 19.6 Å². The van der Waals surface area contributed by atoms with Gasteiger partial charge in [0.05, 0.1) is 14.3 Å². The molecule has 0 saturated heterocycles. The third-order valence-electron chi connectivity index (χ3n) is 1.72. The molecule has 1 rings (SSSR count). The fraction of sp³-hybridized carbons (Fsp3) is 0.333. The second-order valence-corrected chi connectivity index (χ2v) is 8.81. The lowest BCUT2D eigenvalue weighted by Crippen LogP contribution is -2.21. The van der Waals surface area contributed by atoms with Crippen LogP contribution in [0.25, 0.3) is 5.20 Å². The molecule has 0 aliphatic carbocycles. The minimum atomic E-state index is -1.25. The number of rotatable bonds is 2. The average molecular weight is 166 g/mol. The Bertz CT molecular complexity index is 241. The summed E-state index contributed by atoms with van der Waals surface area (Å²) in [6.45, 7) is 10.8. The zero-order valence-electron chi connectivity index (χ0n) is 7.35. The lowest BCUT2D eigenvalue weighted by atomic mass is 10.4. The van der Waals surface area contributed by atoms with E-state index in [1.54, 1.807) is 6.26 Å². The molecule has 11 heavy (non-hydrogen) atoms. The first kappa shape index (κ1) is 8.33. The molecule has 0 aliphatic rings. The van der Waals surface area contributed by atoms with Crippen molar-refractivity contribution in [2.75, 3.05) is 0 Å². The van der Waals surface area contributed by atoms with Gasteiger partial charge in [0.25, 0.3) is 0 Å². The summed E-state index contributed by atoms with van der Waals surface area (Å²) in [6, 6.07) is 3.88. The third-order valence-corrected chi connectivity index (χ3v) is 3.78. The van der Waals surface area contributed by atoms with Gasteiger partial charge in [0, 0.05) is 0 Å². The molecule has 1 aromatic rings. The van der Waals surface area contributed by atoms with Crippen LogP contribution < -0.4 is 0 Å². The molecule has 0 fully saturated rings. The number of hydrogen-bond acceptors (Lipinski definition) is 1. The van der Waals surface area contributed by atoms with Gasteiger partial charge < -0.3 is 4.42 Å². The van der Waals surface area contributed by atoms with Gasteiger partial charge in [-0.2, -0.15) is 0 Å². The molecule has 1 heterocycles. The van der Waals surface area contributed by atoms with E-state index in [1.165, 1.54) is 5.20 Å². The summed E-state index contributed by atoms with van der Waals surface area (Å²) in [5, 5.41) is 1.18. The van der Waals surface area contributed by atoms with Gasteiger partial charge in [0.1, 0.15) is 5.76 Å². The Balaban J connectivity index is 2.88. The summed E-state index contributed by atoms with van der Waals surface area (Å²) < 4.78 is 5.26. The second-order valence-electron chi connectivity index (χ2n) is 3.71. The molecule has 1 nitrogen and oxygen atoms in total. The van der Waals surface area contributed by atoms with Gasteiger partial charge in [0.15, 0.2) is 0 Å². The van der Waals surface area contributed by atoms with Crippen molar-refractivity contribution in [1.29, 1.82) is 0 Å². The quantitative estimate of drug-likeness (QED) is 0.615. The second kappa shape index (κ2) is 2.70. The van der Waals surface area contributed by atoms with Gasteiger partial charge in [0.2, 0.25) is 0 Å². The van der Waals surface area contributed by atoms with Crippen molar-refractivity contribution in [3.05, 3.63) is 30.7 Å². The average Bonchev–Trinajstić information content (AvgIpc) is 2.34. The van der Waals surface area contributed by atoms with E-state index < -0.39 is 8.07 Å². The molecule has 0 aromatic carbocycles. The van der Waals surface area contributed by atoms with Crippen LogP contribution in [0.5, 0.6) is 0 Å². The van der Waals surface area contributed by atoms with Gasteiger partial charge in [-0.1, -0.05) is 26.2 Å². The zero-order valence-corrected chi connectivity index (χ0v) is 8.35. The fourth-order valence-electron chi connectivity index (χ4n) is 0.820. The molecule has 0 unspecified atom stereocenters. The summed E-state index contributed by atoms with van der Waals surface area (Å²) in [6.07, 6.45) is 1.70. The van der Waals surface area contributed by atoms with Gasteiger partial charge in [-0.3, -0.25) is 0 Å². The summed E-state index contributed by atoms with van der Waals surface area (Å²) in [5.41, 5.74) is 0. The molecule has 0 amide bonds. The van der Waals surface area contributed by atoms with Crippen molar-refractivity contribution in [2.24, 2.45) is 0 Å². The topological polar surface area (TPSA) is 13.1 Å². The molecule has 0 radical (unpaired) electrons. The molecule has 0 spiro atoms. The van der Waals surface area contributed by atoms with E-state index in [0.29, 0.717) is 0 Å². The van der Waals surface area contributed by atoms with Crippen molar-refractivity contribution in [1.82, 2.24) is 0 Å². The first-order valence-electron chi connectivity index (χ1n) is 3.75. The maximum absolute atomic E-state index is 5.26. The van der Waals surface area contributed by atoms with Crippen LogP contribution in [-0.2, 0) is 0 Å². The maximum atomic E-state index is 5.26. The van der Waals surface area contributed by atoms with Crippen LogP contribution in [0.3, 0.4) is 0 Å². The normalized spacial score (nSPS) is 11.5. The molecule has 1 aromatic heterocycles. The fourth-order valence-corrected chi connectivity index (χ4v) is 1.70. The van der Waals surface area contributed by atoms with Crippen LogP contribution in [0.1, 0.15) is 5.76 Å². The lowest BCUT2D eigenvalue weighted by Gasteiger charge is -2.16. The first-order chi connectivity index (χ1) is 5.02. The highest BCUT2D eigenvalue weighted by molar-refractivity contribution is 6.93. The van der Waals surface area contributed by atoms with Crippen LogP contribution in [0.15, 0.2) is 29.4 Å². The molecule has 0 bridgehead atoms. The first-order valence-corrected chi connectivity index (χ1v) is 7.25. The van der Waals surface area contributed by atoms with E-state index in [-0.39, 0.29) is 0 Å². The van der Waals surface area contributed by atoms with Crippen LogP contribution in [-0.4, -0.2) is 8.07 Å². The molecule has 60 valence electrons. The van der Waals surface area contributed by atoms with Gasteiger partial charge in [-0.25, -0.2) is 0 Å². The van der Waals surface area contributed by atoms with Crippen molar-refractivity contribution in [2.45, 2.75) is 19.6 Å². The van der Waals surface area contributed by atoms with E-state index in [0.717, 1.165) is 5.76 Å². The molecule has 0 aliphatic heterocycles. The highest BCUT2D eigenvalue weighted by Gasteiger charge is 2.20. The number of furan rings is 1. The zero-order chi connectivity index (χ0) is 8.48. The van der Waals surface area contributed by atoms with E-state index in [9.17, 15) is 0 Å². The van der Waals surface area contributed by atoms with Crippen molar-refractivity contribution < 1.29 is 4.42 Å². The summed E-state index contributed by atoms with van der Waals surface area (Å²) in [5.74, 6) is 0.948. The molecular formula is C9H14OSi. The molecule has 0 atom stereocenters. The Labute approximate surface area is 68.7 Å². The molecule has 2 heteroatoms. The van der Waals surface area contributed by atoms with E-state index in [4.69, 9.17) is 4.42 Å². The highest BCUT2D eigenvalue weighted by Crippen LogP contribution is 2.23. The van der Waals surface area contributed by atoms with E-state index >= 15 is 0 Å². The third kappa shape index (κ3) is 1.83. The molecule has 0 N–H and O–H groups in total. The van der Waals surface area contributed by atoms with Crippen molar-refractivity contribution in [3.8, 4) is 0 Å². The van der Waals surface area contributed by atoms with Gasteiger partial charge in [-0.15, -0.1) is 0 Å². The summed E-state index contributed by atoms with van der Waals surface area (Å²) >= 11 is 0. The molecule has 0 saturated carbocycles. The van der Waals surface area contributed by atoms with Gasteiger partial charge in [-0.05, 0) is 17.3 Å². The predicted molar refractivity (Wildman–Crippen MR) is 51.1 cm³/mol. The highest BCUT2D eigenvalue weighted by atomic mass is 28.3. The van der Waals surface area contributed by atoms with Crippen LogP contribution in [0, 0.1) is 0 Å². The Hall–Kier alpha value is -0.763. The van der Waals surface area contributed by atoms with E-state index in [1.807, 2.05) is 12.1 Å². The summed E-state index contributed by atoms with van der Waals surface area (Å²) in [4.78, 5) is 0. The minimum absolute atomic E-state index is 0.948. The van der Waals surface area contributed by atoms with Crippen LogP contribution in [0.4, 0.5) is 0 Å². The van der Waals surface area contributed by atoms with Crippen molar-refractivity contribution >= 4 is 13.3 Å². The Morgan fingerprint density at radius 1 is 1.45 bits per heavy atom. The Kier molecular flexibility index (Phi) is 2.05. The van der Waals surface area contributed by atoms with Gasteiger partial charge >= 0.3 is 0 Å². The monoisotopic (exact) mass is 166 g/mol. The Morgan fingerprint density at radius 3 is 2.45 bits per heavy atom. The predicted octanol–water partition coefficient (Wildman–Crippen LogP) is 3.17. The smallest absolute Gasteiger partial charge is 0.125 e. The van der Waals surface area contributed by atoms with Crippen LogP contribution >= 0.6 is 0 Å². The Morgan fingerprint density at radius 2 is 2.09 bits per heavy atom. The standard InChI is InChI=1S/C9H14OSi/c1-8(11(2,3)4)9-6-5-7-10-9/h5-7H,1H2,2-4H3. The summed E-state index contributed by atoms with van der Waals surface area (Å²) in [7, 11) is -1.25. The maximum Gasteiger partial charge on any atom is 0.125 e. The molecular weight excluding hydrogens is 152 g/mol. The number of hydrogen-bond donors (Lipinski definition) is 0. The minimum Gasteiger partial charge on any atom is -0.465 e. The lowest BCUT2D eigenvalue weighted by molar-refractivity contribution is 0.555. The SMILES string of the molecule is C=C(c1ccco1)[Si](C)(C)C. The van der Waals surface area contributed by atoms with Crippen molar-refractivity contribution in [3.63, 3.8) is 0 Å².